The number of hydrogen-bond acceptors (Lipinski definition) is 1. The normalized spacial score (nSPS) is 21.8. The summed E-state index contributed by atoms with van der Waals surface area (Å²) >= 11 is 2.32. The molecule has 0 bridgehead atoms. The standard InChI is InChI=1S/C9H9IO/c10-8-3-1-2-7-6(8)4-5-9(7)11/h1-3,9,11H,4-5H2/t9-/m1/s1. The van der Waals surface area contributed by atoms with Gasteiger partial charge in [-0.05, 0) is 52.6 Å². The molecule has 0 radical (unpaired) electrons. The van der Waals surface area contributed by atoms with Crippen molar-refractivity contribution in [1.29, 1.82) is 0 Å². The van der Waals surface area contributed by atoms with Gasteiger partial charge < -0.3 is 5.11 Å². The molecular weight excluding hydrogens is 251 g/mol. The molecule has 0 aliphatic heterocycles. The van der Waals surface area contributed by atoms with Crippen LogP contribution in [0.5, 0.6) is 0 Å². The van der Waals surface area contributed by atoms with Gasteiger partial charge in [0.25, 0.3) is 0 Å². The number of benzene rings is 1. The van der Waals surface area contributed by atoms with Crippen LogP contribution in [0.3, 0.4) is 0 Å². The summed E-state index contributed by atoms with van der Waals surface area (Å²) in [6.07, 6.45) is 1.73. The molecule has 2 heteroatoms. The highest BCUT2D eigenvalue weighted by Gasteiger charge is 2.20. The first-order valence-corrected chi connectivity index (χ1v) is 4.82. The van der Waals surface area contributed by atoms with Gasteiger partial charge in [-0.15, -0.1) is 0 Å². The van der Waals surface area contributed by atoms with E-state index in [1.165, 1.54) is 9.13 Å². The molecule has 1 N–H and O–H groups in total. The SMILES string of the molecule is O[C@@H]1CCc2c(I)cccc21. The number of fused-ring (bicyclic) bond motifs is 1. The van der Waals surface area contributed by atoms with Gasteiger partial charge in [0.05, 0.1) is 6.10 Å². The van der Waals surface area contributed by atoms with Crippen LogP contribution in [-0.4, -0.2) is 5.11 Å². The Kier molecular flexibility index (Phi) is 1.89. The van der Waals surface area contributed by atoms with Gasteiger partial charge in [0.15, 0.2) is 0 Å². The summed E-state index contributed by atoms with van der Waals surface area (Å²) in [4.78, 5) is 0. The Labute approximate surface area is 79.6 Å². The van der Waals surface area contributed by atoms with Crippen molar-refractivity contribution in [2.24, 2.45) is 0 Å². The maximum atomic E-state index is 9.50. The van der Waals surface area contributed by atoms with Crippen molar-refractivity contribution in [3.05, 3.63) is 32.9 Å². The summed E-state index contributed by atoms with van der Waals surface area (Å²) in [5, 5.41) is 9.50. The lowest BCUT2D eigenvalue weighted by molar-refractivity contribution is 0.180. The molecule has 11 heavy (non-hydrogen) atoms. The van der Waals surface area contributed by atoms with Crippen LogP contribution in [0.25, 0.3) is 0 Å². The first-order valence-electron chi connectivity index (χ1n) is 3.74. The van der Waals surface area contributed by atoms with E-state index in [-0.39, 0.29) is 6.10 Å². The van der Waals surface area contributed by atoms with Gasteiger partial charge in [0.2, 0.25) is 0 Å². The highest BCUT2D eigenvalue weighted by atomic mass is 127. The maximum Gasteiger partial charge on any atom is 0.0796 e. The summed E-state index contributed by atoms with van der Waals surface area (Å²) in [5.74, 6) is 0. The molecule has 0 heterocycles. The average Bonchev–Trinajstić information content (AvgIpc) is 2.35. The molecule has 58 valence electrons. The molecule has 0 amide bonds. The largest absolute Gasteiger partial charge is 0.388 e. The van der Waals surface area contributed by atoms with Crippen molar-refractivity contribution in [3.63, 3.8) is 0 Å². The molecule has 0 aromatic heterocycles. The Morgan fingerprint density at radius 1 is 1.45 bits per heavy atom. The number of aliphatic hydroxyl groups is 1. The van der Waals surface area contributed by atoms with Gasteiger partial charge in [-0.1, -0.05) is 12.1 Å². The third-order valence-corrected chi connectivity index (χ3v) is 3.19. The first kappa shape index (κ1) is 7.55. The zero-order valence-corrected chi connectivity index (χ0v) is 8.21. The van der Waals surface area contributed by atoms with E-state index in [9.17, 15) is 5.11 Å². The lowest BCUT2D eigenvalue weighted by Gasteiger charge is -2.03. The van der Waals surface area contributed by atoms with E-state index >= 15 is 0 Å². The Morgan fingerprint density at radius 2 is 2.27 bits per heavy atom. The minimum absolute atomic E-state index is 0.209. The van der Waals surface area contributed by atoms with E-state index in [0.29, 0.717) is 0 Å². The fourth-order valence-electron chi connectivity index (χ4n) is 1.59. The van der Waals surface area contributed by atoms with Gasteiger partial charge in [-0.3, -0.25) is 0 Å². The average molecular weight is 260 g/mol. The minimum atomic E-state index is -0.209. The van der Waals surface area contributed by atoms with E-state index in [1.807, 2.05) is 12.1 Å². The molecular formula is C9H9IO. The zero-order chi connectivity index (χ0) is 7.84. The van der Waals surface area contributed by atoms with Crippen LogP contribution in [0.15, 0.2) is 18.2 Å². The number of rotatable bonds is 0. The highest BCUT2D eigenvalue weighted by molar-refractivity contribution is 14.1. The minimum Gasteiger partial charge on any atom is -0.388 e. The molecule has 1 atom stereocenters. The van der Waals surface area contributed by atoms with Crippen LogP contribution in [0.2, 0.25) is 0 Å². The summed E-state index contributed by atoms with van der Waals surface area (Å²) in [6, 6.07) is 6.13. The van der Waals surface area contributed by atoms with Gasteiger partial charge in [0.1, 0.15) is 0 Å². The third kappa shape index (κ3) is 1.18. The maximum absolute atomic E-state index is 9.50. The van der Waals surface area contributed by atoms with Gasteiger partial charge in [-0.2, -0.15) is 0 Å². The zero-order valence-electron chi connectivity index (χ0n) is 6.05. The van der Waals surface area contributed by atoms with Crippen LogP contribution in [-0.2, 0) is 6.42 Å². The smallest absolute Gasteiger partial charge is 0.0796 e. The summed E-state index contributed by atoms with van der Waals surface area (Å²) in [6.45, 7) is 0. The van der Waals surface area contributed by atoms with Crippen LogP contribution >= 0.6 is 22.6 Å². The second-order valence-electron chi connectivity index (χ2n) is 2.86. The third-order valence-electron chi connectivity index (χ3n) is 2.18. The molecule has 2 rings (SSSR count). The van der Waals surface area contributed by atoms with Crippen molar-refractivity contribution >= 4 is 22.6 Å². The highest BCUT2D eigenvalue weighted by Crippen LogP contribution is 2.33. The number of halogens is 1. The molecule has 1 aliphatic carbocycles. The van der Waals surface area contributed by atoms with Gasteiger partial charge >= 0.3 is 0 Å². The Bertz CT molecular complexity index is 283. The van der Waals surface area contributed by atoms with Crippen LogP contribution < -0.4 is 0 Å². The van der Waals surface area contributed by atoms with E-state index < -0.39 is 0 Å². The lowest BCUT2D eigenvalue weighted by Crippen LogP contribution is -1.90. The fraction of sp³-hybridized carbons (Fsp3) is 0.333. The van der Waals surface area contributed by atoms with Crippen LogP contribution in [0, 0.1) is 3.57 Å². The first-order chi connectivity index (χ1) is 5.29. The molecule has 0 spiro atoms. The predicted octanol–water partition coefficient (Wildman–Crippen LogP) is 2.27. The van der Waals surface area contributed by atoms with Gasteiger partial charge in [-0.25, -0.2) is 0 Å². The molecule has 1 aromatic carbocycles. The van der Waals surface area contributed by atoms with E-state index in [0.717, 1.165) is 18.4 Å². The number of hydrogen-bond donors (Lipinski definition) is 1. The van der Waals surface area contributed by atoms with Crippen LogP contribution in [0.4, 0.5) is 0 Å². The summed E-state index contributed by atoms with van der Waals surface area (Å²) < 4.78 is 1.29. The number of aliphatic hydroxyl groups excluding tert-OH is 1. The summed E-state index contributed by atoms with van der Waals surface area (Å²) in [7, 11) is 0. The molecule has 0 fully saturated rings. The van der Waals surface area contributed by atoms with Gasteiger partial charge in [0, 0.05) is 3.57 Å². The molecule has 1 aromatic rings. The molecule has 1 nitrogen and oxygen atoms in total. The van der Waals surface area contributed by atoms with E-state index in [4.69, 9.17) is 0 Å². The lowest BCUT2D eigenvalue weighted by atomic mass is 10.1. The van der Waals surface area contributed by atoms with E-state index in [2.05, 4.69) is 28.7 Å². The van der Waals surface area contributed by atoms with Crippen molar-refractivity contribution in [3.8, 4) is 0 Å². The van der Waals surface area contributed by atoms with Crippen LogP contribution in [0.1, 0.15) is 23.7 Å². The second kappa shape index (κ2) is 2.75. The Hall–Kier alpha value is -0.0900. The molecule has 1 aliphatic rings. The predicted molar refractivity (Wildman–Crippen MR) is 52.4 cm³/mol. The molecule has 0 saturated carbocycles. The Balaban J connectivity index is 2.57. The monoisotopic (exact) mass is 260 g/mol. The molecule has 0 unspecified atom stereocenters. The fourth-order valence-corrected chi connectivity index (χ4v) is 2.38. The topological polar surface area (TPSA) is 20.2 Å². The van der Waals surface area contributed by atoms with Crippen molar-refractivity contribution in [2.75, 3.05) is 0 Å². The van der Waals surface area contributed by atoms with Crippen molar-refractivity contribution in [1.82, 2.24) is 0 Å². The Morgan fingerprint density at radius 3 is 3.00 bits per heavy atom. The van der Waals surface area contributed by atoms with E-state index in [1.54, 1.807) is 0 Å². The van der Waals surface area contributed by atoms with Crippen molar-refractivity contribution in [2.45, 2.75) is 18.9 Å². The van der Waals surface area contributed by atoms with Crippen molar-refractivity contribution < 1.29 is 5.11 Å². The second-order valence-corrected chi connectivity index (χ2v) is 4.02. The quantitative estimate of drug-likeness (QED) is 0.709. The molecule has 0 saturated heterocycles. The summed E-state index contributed by atoms with van der Waals surface area (Å²) in [5.41, 5.74) is 2.48.